The molecule has 0 saturated carbocycles. The van der Waals surface area contributed by atoms with Gasteiger partial charge in [-0.2, -0.15) is 0 Å². The Balaban J connectivity index is 1.30. The molecule has 0 aliphatic carbocycles. The molecule has 0 atom stereocenters. The Morgan fingerprint density at radius 1 is 1.07 bits per heavy atom. The summed E-state index contributed by atoms with van der Waals surface area (Å²) in [6.45, 7) is 2.56. The number of hydrogen-bond acceptors (Lipinski definition) is 4. The van der Waals surface area contributed by atoms with E-state index in [-0.39, 0.29) is 11.3 Å². The Bertz CT molecular complexity index is 1080. The van der Waals surface area contributed by atoms with Crippen molar-refractivity contribution < 1.29 is 13.9 Å². The lowest BCUT2D eigenvalue weighted by molar-refractivity contribution is 0.0616. The molecule has 1 spiro atoms. The second-order valence-corrected chi connectivity index (χ2v) is 8.98. The summed E-state index contributed by atoms with van der Waals surface area (Å²) >= 11 is 3.44. The summed E-state index contributed by atoms with van der Waals surface area (Å²) in [5.41, 5.74) is 9.12. The molecule has 154 valence electrons. The van der Waals surface area contributed by atoms with E-state index in [9.17, 15) is 4.79 Å². The zero-order chi connectivity index (χ0) is 20.7. The molecule has 3 aromatic rings. The summed E-state index contributed by atoms with van der Waals surface area (Å²) in [7, 11) is 0. The summed E-state index contributed by atoms with van der Waals surface area (Å²) in [6.07, 6.45) is 1.75. The molecule has 2 aromatic carbocycles. The van der Waals surface area contributed by atoms with Gasteiger partial charge in [0.25, 0.3) is 5.91 Å². The van der Waals surface area contributed by atoms with Crippen molar-refractivity contribution in [3.8, 4) is 17.1 Å². The summed E-state index contributed by atoms with van der Waals surface area (Å²) in [5, 5.41) is 0. The number of benzene rings is 2. The van der Waals surface area contributed by atoms with Crippen molar-refractivity contribution in [2.45, 2.75) is 24.8 Å². The maximum absolute atomic E-state index is 13.0. The van der Waals surface area contributed by atoms with Crippen LogP contribution >= 0.6 is 15.9 Å². The van der Waals surface area contributed by atoms with E-state index in [0.29, 0.717) is 37.8 Å². The van der Waals surface area contributed by atoms with Crippen molar-refractivity contribution in [3.05, 3.63) is 76.0 Å². The quantitative estimate of drug-likeness (QED) is 0.605. The van der Waals surface area contributed by atoms with Gasteiger partial charge in [-0.3, -0.25) is 4.79 Å². The van der Waals surface area contributed by atoms with E-state index < -0.39 is 0 Å². The maximum Gasteiger partial charge on any atom is 0.289 e. The number of carbonyl (C=O) groups is 1. The lowest BCUT2D eigenvalue weighted by atomic mass is 9.74. The van der Waals surface area contributed by atoms with E-state index in [1.54, 1.807) is 6.07 Å². The second kappa shape index (κ2) is 7.60. The van der Waals surface area contributed by atoms with Crippen molar-refractivity contribution in [2.75, 3.05) is 19.7 Å². The van der Waals surface area contributed by atoms with Gasteiger partial charge in [-0.1, -0.05) is 40.2 Å². The number of likely N-dealkylation sites (tertiary alicyclic amines) is 1. The van der Waals surface area contributed by atoms with Gasteiger partial charge in [0.2, 0.25) is 0 Å². The van der Waals surface area contributed by atoms with E-state index in [2.05, 4.69) is 22.0 Å². The van der Waals surface area contributed by atoms with Gasteiger partial charge < -0.3 is 19.8 Å². The van der Waals surface area contributed by atoms with Crippen LogP contribution in [0.2, 0.25) is 0 Å². The van der Waals surface area contributed by atoms with Gasteiger partial charge in [-0.25, -0.2) is 0 Å². The SMILES string of the molecule is NCc1ccc2c(c1)C1(CCN(C(=O)c3ccc(-c4ccc(Br)cc4)o3)CC1)CO2. The molecule has 30 heavy (non-hydrogen) atoms. The third-order valence-corrected chi connectivity index (χ3v) is 6.84. The van der Waals surface area contributed by atoms with Gasteiger partial charge in [-0.15, -0.1) is 0 Å². The molecule has 2 N–H and O–H groups in total. The van der Waals surface area contributed by atoms with E-state index in [1.165, 1.54) is 5.56 Å². The molecule has 0 radical (unpaired) electrons. The number of nitrogens with zero attached hydrogens (tertiary/aromatic N) is 1. The lowest BCUT2D eigenvalue weighted by Gasteiger charge is -2.38. The minimum Gasteiger partial charge on any atom is -0.492 e. The van der Waals surface area contributed by atoms with Gasteiger partial charge in [0.1, 0.15) is 11.5 Å². The first kappa shape index (κ1) is 19.4. The predicted molar refractivity (Wildman–Crippen MR) is 118 cm³/mol. The first-order valence-corrected chi connectivity index (χ1v) is 11.0. The molecular formula is C24H23BrN2O3. The number of carbonyl (C=O) groups excluding carboxylic acids is 1. The van der Waals surface area contributed by atoms with Crippen LogP contribution in [0.4, 0.5) is 0 Å². The number of ether oxygens (including phenoxy) is 1. The van der Waals surface area contributed by atoms with Gasteiger partial charge in [0.05, 0.1) is 6.61 Å². The standard InChI is InChI=1S/C24H23BrN2O3/c25-18-4-2-17(3-5-18)20-7-8-22(30-20)23(28)27-11-9-24(10-12-27)15-29-21-6-1-16(14-26)13-19(21)24/h1-8,13H,9-12,14-15,26H2. The monoisotopic (exact) mass is 466 g/mol. The number of rotatable bonds is 3. The Morgan fingerprint density at radius 2 is 1.83 bits per heavy atom. The average Bonchev–Trinajstić information content (AvgIpc) is 3.40. The molecular weight excluding hydrogens is 444 g/mol. The van der Waals surface area contributed by atoms with Crippen LogP contribution in [0.25, 0.3) is 11.3 Å². The van der Waals surface area contributed by atoms with Crippen LogP contribution in [0, 0.1) is 0 Å². The molecule has 1 fully saturated rings. The van der Waals surface area contributed by atoms with Crippen molar-refractivity contribution in [3.63, 3.8) is 0 Å². The molecule has 5 rings (SSSR count). The molecule has 1 aromatic heterocycles. The third kappa shape index (κ3) is 3.34. The molecule has 2 aliphatic heterocycles. The fourth-order valence-corrected chi connectivity index (χ4v) is 4.73. The van der Waals surface area contributed by atoms with Crippen LogP contribution in [0.3, 0.4) is 0 Å². The van der Waals surface area contributed by atoms with E-state index in [1.807, 2.05) is 47.4 Å². The average molecular weight is 467 g/mol. The van der Waals surface area contributed by atoms with Gasteiger partial charge >= 0.3 is 0 Å². The maximum atomic E-state index is 13.0. The van der Waals surface area contributed by atoms with Crippen LogP contribution in [-0.2, 0) is 12.0 Å². The zero-order valence-corrected chi connectivity index (χ0v) is 18.2. The van der Waals surface area contributed by atoms with Crippen molar-refractivity contribution in [1.29, 1.82) is 0 Å². The summed E-state index contributed by atoms with van der Waals surface area (Å²) < 4.78 is 12.9. The van der Waals surface area contributed by atoms with Crippen LogP contribution in [-0.4, -0.2) is 30.5 Å². The molecule has 1 amide bonds. The molecule has 0 unspecified atom stereocenters. The molecule has 1 saturated heterocycles. The topological polar surface area (TPSA) is 68.7 Å². The molecule has 5 nitrogen and oxygen atoms in total. The Kier molecular flexibility index (Phi) is 4.91. The predicted octanol–water partition coefficient (Wildman–Crippen LogP) is 4.73. The van der Waals surface area contributed by atoms with E-state index in [4.69, 9.17) is 14.9 Å². The minimum atomic E-state index is -0.0527. The summed E-state index contributed by atoms with van der Waals surface area (Å²) in [4.78, 5) is 14.9. The molecule has 2 aliphatic rings. The first-order valence-electron chi connectivity index (χ1n) is 10.2. The number of nitrogens with two attached hydrogens (primary N) is 1. The Morgan fingerprint density at radius 3 is 2.57 bits per heavy atom. The van der Waals surface area contributed by atoms with Gasteiger partial charge in [-0.05, 0) is 48.7 Å². The zero-order valence-electron chi connectivity index (χ0n) is 16.6. The number of piperidine rings is 1. The van der Waals surface area contributed by atoms with Crippen LogP contribution < -0.4 is 10.5 Å². The normalized spacial score (nSPS) is 17.1. The van der Waals surface area contributed by atoms with E-state index >= 15 is 0 Å². The Labute approximate surface area is 183 Å². The lowest BCUT2D eigenvalue weighted by Crippen LogP contribution is -2.46. The van der Waals surface area contributed by atoms with Crippen LogP contribution in [0.5, 0.6) is 5.75 Å². The highest BCUT2D eigenvalue weighted by Crippen LogP contribution is 2.46. The number of halogens is 1. The van der Waals surface area contributed by atoms with Crippen LogP contribution in [0.1, 0.15) is 34.5 Å². The first-order chi connectivity index (χ1) is 14.6. The largest absolute Gasteiger partial charge is 0.492 e. The summed E-state index contributed by atoms with van der Waals surface area (Å²) in [5.74, 6) is 1.99. The smallest absolute Gasteiger partial charge is 0.289 e. The van der Waals surface area contributed by atoms with Crippen LogP contribution in [0.15, 0.2) is 63.5 Å². The molecule has 3 heterocycles. The van der Waals surface area contributed by atoms with Crippen molar-refractivity contribution in [1.82, 2.24) is 4.90 Å². The Hall–Kier alpha value is -2.57. The minimum absolute atomic E-state index is 0.0248. The fraction of sp³-hybridized carbons (Fsp3) is 0.292. The highest BCUT2D eigenvalue weighted by molar-refractivity contribution is 9.10. The summed E-state index contributed by atoms with van der Waals surface area (Å²) in [6, 6.07) is 17.7. The molecule has 0 bridgehead atoms. The van der Waals surface area contributed by atoms with Crippen molar-refractivity contribution >= 4 is 21.8 Å². The molecule has 6 heteroatoms. The highest BCUT2D eigenvalue weighted by Gasteiger charge is 2.44. The number of amides is 1. The second-order valence-electron chi connectivity index (χ2n) is 8.07. The van der Waals surface area contributed by atoms with Gasteiger partial charge in [0.15, 0.2) is 5.76 Å². The fourth-order valence-electron chi connectivity index (χ4n) is 4.47. The van der Waals surface area contributed by atoms with Gasteiger partial charge in [0, 0.05) is 40.6 Å². The van der Waals surface area contributed by atoms with E-state index in [0.717, 1.165) is 34.2 Å². The number of hydrogen-bond donors (Lipinski definition) is 1. The highest BCUT2D eigenvalue weighted by atomic mass is 79.9. The van der Waals surface area contributed by atoms with Crippen molar-refractivity contribution in [2.24, 2.45) is 5.73 Å². The number of furan rings is 1. The number of fused-ring (bicyclic) bond motifs is 2. The third-order valence-electron chi connectivity index (χ3n) is 6.31.